The van der Waals surface area contributed by atoms with Gasteiger partial charge in [0, 0.05) is 26.7 Å². The number of methoxy groups -OCH3 is 1. The molecular weight excluding hydrogens is 290 g/mol. The number of amides is 1. The van der Waals surface area contributed by atoms with Crippen molar-refractivity contribution >= 4 is 5.91 Å². The molecule has 0 bridgehead atoms. The largest absolute Gasteiger partial charge is 0.380 e. The van der Waals surface area contributed by atoms with Crippen LogP contribution in [0.15, 0.2) is 24.3 Å². The number of nitrogens with two attached hydrogens (primary N) is 1. The normalized spacial score (nSPS) is 17.0. The Balaban J connectivity index is 1.75. The number of ether oxygens (including phenoxy) is 1. The van der Waals surface area contributed by atoms with E-state index in [1.807, 2.05) is 0 Å². The fourth-order valence-electron chi connectivity index (χ4n) is 2.88. The van der Waals surface area contributed by atoms with Gasteiger partial charge in [-0.1, -0.05) is 30.7 Å². The van der Waals surface area contributed by atoms with Gasteiger partial charge in [-0.2, -0.15) is 0 Å². The van der Waals surface area contributed by atoms with E-state index in [2.05, 4.69) is 34.5 Å². The highest BCUT2D eigenvalue weighted by molar-refractivity contribution is 5.76. The number of nitrogens with one attached hydrogen (secondary N) is 1. The summed E-state index contributed by atoms with van der Waals surface area (Å²) in [5.74, 6) is -0.0281. The van der Waals surface area contributed by atoms with Crippen LogP contribution in [0.3, 0.4) is 0 Å². The van der Waals surface area contributed by atoms with E-state index < -0.39 is 0 Å². The van der Waals surface area contributed by atoms with E-state index in [0.717, 1.165) is 12.1 Å². The summed E-state index contributed by atoms with van der Waals surface area (Å²) in [6.45, 7) is 4.34. The molecule has 0 aliphatic carbocycles. The first-order chi connectivity index (χ1) is 11.2. The first kappa shape index (κ1) is 17.9. The van der Waals surface area contributed by atoms with Gasteiger partial charge in [-0.05, 0) is 37.1 Å². The van der Waals surface area contributed by atoms with E-state index in [9.17, 15) is 4.79 Å². The minimum atomic E-state index is -0.207. The monoisotopic (exact) mass is 319 g/mol. The van der Waals surface area contributed by atoms with Gasteiger partial charge in [-0.25, -0.2) is 0 Å². The molecule has 1 aromatic rings. The maximum Gasteiger partial charge on any atom is 0.222 e. The van der Waals surface area contributed by atoms with Gasteiger partial charge in [0.1, 0.15) is 0 Å². The van der Waals surface area contributed by atoms with E-state index in [1.54, 1.807) is 7.11 Å². The smallest absolute Gasteiger partial charge is 0.222 e. The minimum absolute atomic E-state index is 0.0281. The molecule has 5 nitrogen and oxygen atoms in total. The van der Waals surface area contributed by atoms with Gasteiger partial charge in [-0.15, -0.1) is 0 Å². The number of hydrogen-bond donors (Lipinski definition) is 2. The molecule has 1 heterocycles. The van der Waals surface area contributed by atoms with Crippen LogP contribution in [0.4, 0.5) is 0 Å². The molecule has 0 spiro atoms. The summed E-state index contributed by atoms with van der Waals surface area (Å²) in [6.07, 6.45) is 4.09. The summed E-state index contributed by atoms with van der Waals surface area (Å²) in [7, 11) is 1.58. The van der Waals surface area contributed by atoms with Gasteiger partial charge in [-0.3, -0.25) is 9.69 Å². The van der Waals surface area contributed by atoms with Crippen LogP contribution in [-0.4, -0.2) is 43.7 Å². The molecule has 0 radical (unpaired) electrons. The minimum Gasteiger partial charge on any atom is -0.380 e. The van der Waals surface area contributed by atoms with Crippen LogP contribution in [0.2, 0.25) is 0 Å². The van der Waals surface area contributed by atoms with Crippen molar-refractivity contribution in [1.29, 1.82) is 0 Å². The molecule has 1 aliphatic heterocycles. The number of benzene rings is 1. The zero-order valence-corrected chi connectivity index (χ0v) is 14.1. The molecule has 23 heavy (non-hydrogen) atoms. The van der Waals surface area contributed by atoms with Crippen molar-refractivity contribution in [3.63, 3.8) is 0 Å². The topological polar surface area (TPSA) is 67.6 Å². The van der Waals surface area contributed by atoms with E-state index in [0.29, 0.717) is 19.5 Å². The average Bonchev–Trinajstić information content (AvgIpc) is 2.60. The van der Waals surface area contributed by atoms with Crippen LogP contribution in [0, 0.1) is 0 Å². The Labute approximate surface area is 139 Å². The average molecular weight is 319 g/mol. The van der Waals surface area contributed by atoms with E-state index >= 15 is 0 Å². The highest BCUT2D eigenvalue weighted by Crippen LogP contribution is 2.13. The predicted molar refractivity (Wildman–Crippen MR) is 91.9 cm³/mol. The second kappa shape index (κ2) is 9.65. The fourth-order valence-corrected chi connectivity index (χ4v) is 2.88. The number of carbonyl (C=O) groups is 1. The number of nitrogens with zero attached hydrogens (tertiary/aromatic N) is 1. The summed E-state index contributed by atoms with van der Waals surface area (Å²) in [6, 6.07) is 8.51. The third-order valence-corrected chi connectivity index (χ3v) is 4.38. The maximum absolute atomic E-state index is 11.8. The van der Waals surface area contributed by atoms with Crippen molar-refractivity contribution in [2.45, 2.75) is 44.9 Å². The maximum atomic E-state index is 11.8. The molecular formula is C18H29N3O2. The summed E-state index contributed by atoms with van der Waals surface area (Å²) in [5, 5.41) is 2.91. The Bertz CT molecular complexity index is 466. The highest BCUT2D eigenvalue weighted by atomic mass is 16.5. The van der Waals surface area contributed by atoms with Crippen LogP contribution in [0.5, 0.6) is 0 Å². The molecule has 3 N–H and O–H groups in total. The van der Waals surface area contributed by atoms with Gasteiger partial charge in [0.05, 0.1) is 12.5 Å². The molecule has 128 valence electrons. The summed E-state index contributed by atoms with van der Waals surface area (Å²) >= 11 is 0. The van der Waals surface area contributed by atoms with Crippen molar-refractivity contribution in [3.8, 4) is 0 Å². The van der Waals surface area contributed by atoms with Gasteiger partial charge in [0.25, 0.3) is 0 Å². The summed E-state index contributed by atoms with van der Waals surface area (Å²) in [5.41, 5.74) is 7.97. The number of rotatable bonds is 8. The lowest BCUT2D eigenvalue weighted by Gasteiger charge is -2.26. The van der Waals surface area contributed by atoms with E-state index in [1.165, 1.54) is 37.9 Å². The number of hydrogen-bond acceptors (Lipinski definition) is 4. The van der Waals surface area contributed by atoms with Crippen LogP contribution >= 0.6 is 0 Å². The lowest BCUT2D eigenvalue weighted by Crippen LogP contribution is -2.31. The Hall–Kier alpha value is -1.43. The molecule has 1 saturated heterocycles. The zero-order chi connectivity index (χ0) is 16.5. The number of likely N-dealkylation sites (tertiary alicyclic amines) is 1. The molecule has 1 amide bonds. The number of carbonyl (C=O) groups excluding carboxylic acids is 1. The van der Waals surface area contributed by atoms with Crippen LogP contribution in [-0.2, 0) is 22.6 Å². The van der Waals surface area contributed by atoms with Crippen molar-refractivity contribution in [1.82, 2.24) is 10.2 Å². The van der Waals surface area contributed by atoms with Gasteiger partial charge < -0.3 is 15.8 Å². The Morgan fingerprint density at radius 1 is 1.22 bits per heavy atom. The van der Waals surface area contributed by atoms with E-state index in [4.69, 9.17) is 10.5 Å². The lowest BCUT2D eigenvalue weighted by atomic mass is 10.1. The summed E-state index contributed by atoms with van der Waals surface area (Å²) in [4.78, 5) is 14.3. The van der Waals surface area contributed by atoms with Crippen molar-refractivity contribution in [3.05, 3.63) is 35.4 Å². The molecule has 1 aromatic carbocycles. The van der Waals surface area contributed by atoms with Gasteiger partial charge >= 0.3 is 0 Å². The van der Waals surface area contributed by atoms with Gasteiger partial charge in [0.2, 0.25) is 5.91 Å². The van der Waals surface area contributed by atoms with E-state index in [-0.39, 0.29) is 12.0 Å². The Morgan fingerprint density at radius 2 is 1.87 bits per heavy atom. The summed E-state index contributed by atoms with van der Waals surface area (Å²) < 4.78 is 5.12. The Morgan fingerprint density at radius 3 is 2.48 bits per heavy atom. The second-order valence-corrected chi connectivity index (χ2v) is 6.23. The second-order valence-electron chi connectivity index (χ2n) is 6.23. The highest BCUT2D eigenvalue weighted by Gasteiger charge is 2.12. The molecule has 1 fully saturated rings. The van der Waals surface area contributed by atoms with Crippen molar-refractivity contribution < 1.29 is 9.53 Å². The Kier molecular flexibility index (Phi) is 7.52. The SMILES string of the molecule is COC(CN)CC(=O)NCc1ccc(CN2CCCCC2)cc1. The van der Waals surface area contributed by atoms with Crippen LogP contribution in [0.25, 0.3) is 0 Å². The van der Waals surface area contributed by atoms with Crippen molar-refractivity contribution in [2.75, 3.05) is 26.7 Å². The molecule has 1 unspecified atom stereocenters. The van der Waals surface area contributed by atoms with Crippen LogP contribution in [0.1, 0.15) is 36.8 Å². The number of piperidine rings is 1. The molecule has 1 atom stereocenters. The fraction of sp³-hybridized carbons (Fsp3) is 0.611. The van der Waals surface area contributed by atoms with Crippen molar-refractivity contribution in [2.24, 2.45) is 5.73 Å². The molecule has 1 aliphatic rings. The third kappa shape index (κ3) is 6.29. The molecule has 0 saturated carbocycles. The van der Waals surface area contributed by atoms with Crippen LogP contribution < -0.4 is 11.1 Å². The van der Waals surface area contributed by atoms with Gasteiger partial charge in [0.15, 0.2) is 0 Å². The first-order valence-corrected chi connectivity index (χ1v) is 8.51. The standard InChI is InChI=1S/C18H29N3O2/c1-23-17(12-19)11-18(22)20-13-15-5-7-16(8-6-15)14-21-9-3-2-4-10-21/h5-8,17H,2-4,9-14,19H2,1H3,(H,20,22). The molecule has 2 rings (SSSR count). The molecule has 5 heteroatoms. The lowest BCUT2D eigenvalue weighted by molar-refractivity contribution is -0.123. The molecule has 0 aromatic heterocycles. The quantitative estimate of drug-likeness (QED) is 0.764. The third-order valence-electron chi connectivity index (χ3n) is 4.38. The zero-order valence-electron chi connectivity index (χ0n) is 14.1. The first-order valence-electron chi connectivity index (χ1n) is 8.51. The predicted octanol–water partition coefficient (Wildman–Crippen LogP) is 1.65.